The van der Waals surface area contributed by atoms with Gasteiger partial charge in [-0.3, -0.25) is 14.1 Å². The molecule has 0 aliphatic carbocycles. The highest BCUT2D eigenvalue weighted by Gasteiger charge is 2.34. The van der Waals surface area contributed by atoms with Crippen molar-refractivity contribution in [2.45, 2.75) is 31.0 Å². The van der Waals surface area contributed by atoms with E-state index < -0.39 is 27.5 Å². The standard InChI is InChI=1S/C17H15F3N2O3S2/c1-10(2)22-14-8-7-11(9-15(14)26-16(22)23)27(24,25)21-13-6-4-3-5-12(13)17(18,19)20/h3-10,21H,1-2H3. The number of nitrogens with one attached hydrogen (secondary N) is 1. The molecule has 0 aliphatic heterocycles. The number of benzene rings is 2. The van der Waals surface area contributed by atoms with Gasteiger partial charge in [-0.2, -0.15) is 13.2 Å². The van der Waals surface area contributed by atoms with Crippen LogP contribution in [0.4, 0.5) is 18.9 Å². The average Bonchev–Trinajstić information content (AvgIpc) is 2.88. The Morgan fingerprint density at radius 3 is 2.41 bits per heavy atom. The van der Waals surface area contributed by atoms with Gasteiger partial charge < -0.3 is 0 Å². The second-order valence-corrected chi connectivity index (χ2v) is 8.79. The van der Waals surface area contributed by atoms with Crippen molar-refractivity contribution in [3.05, 3.63) is 57.7 Å². The highest BCUT2D eigenvalue weighted by Crippen LogP contribution is 2.35. The Labute approximate surface area is 157 Å². The summed E-state index contributed by atoms with van der Waals surface area (Å²) >= 11 is 0.886. The minimum Gasteiger partial charge on any atom is -0.296 e. The van der Waals surface area contributed by atoms with E-state index in [4.69, 9.17) is 0 Å². The maximum absolute atomic E-state index is 13.1. The van der Waals surface area contributed by atoms with Crippen molar-refractivity contribution < 1.29 is 21.6 Å². The van der Waals surface area contributed by atoms with Gasteiger partial charge in [0.2, 0.25) is 0 Å². The second-order valence-electron chi connectivity index (χ2n) is 6.11. The van der Waals surface area contributed by atoms with Crippen LogP contribution in [-0.4, -0.2) is 13.0 Å². The van der Waals surface area contributed by atoms with E-state index in [1.165, 1.54) is 34.9 Å². The summed E-state index contributed by atoms with van der Waals surface area (Å²) < 4.78 is 68.4. The molecular formula is C17H15F3N2O3S2. The molecule has 1 heterocycles. The van der Waals surface area contributed by atoms with Crippen LogP contribution in [0.1, 0.15) is 25.5 Å². The fraction of sp³-hybridized carbons (Fsp3) is 0.235. The molecule has 10 heteroatoms. The Hall–Kier alpha value is -2.33. The molecule has 144 valence electrons. The average molecular weight is 416 g/mol. The lowest BCUT2D eigenvalue weighted by Gasteiger charge is -2.14. The van der Waals surface area contributed by atoms with E-state index in [9.17, 15) is 26.4 Å². The van der Waals surface area contributed by atoms with Crippen molar-refractivity contribution >= 4 is 37.3 Å². The molecule has 0 saturated heterocycles. The molecule has 0 radical (unpaired) electrons. The van der Waals surface area contributed by atoms with Crippen LogP contribution in [0.5, 0.6) is 0 Å². The first-order chi connectivity index (χ1) is 12.5. The molecule has 0 fully saturated rings. The van der Waals surface area contributed by atoms with Gasteiger partial charge in [0.15, 0.2) is 0 Å². The summed E-state index contributed by atoms with van der Waals surface area (Å²) in [4.78, 5) is 11.6. The third-order valence-electron chi connectivity index (χ3n) is 3.89. The number of thiazole rings is 1. The summed E-state index contributed by atoms with van der Waals surface area (Å²) in [6, 6.07) is 8.28. The molecule has 0 unspecified atom stereocenters. The van der Waals surface area contributed by atoms with Crippen LogP contribution >= 0.6 is 11.3 Å². The molecule has 2 aromatic carbocycles. The first-order valence-corrected chi connectivity index (χ1v) is 10.1. The molecule has 0 aliphatic rings. The number of aromatic nitrogens is 1. The fourth-order valence-corrected chi connectivity index (χ4v) is 4.93. The number of alkyl halides is 3. The second kappa shape index (κ2) is 6.68. The van der Waals surface area contributed by atoms with Gasteiger partial charge in [0.25, 0.3) is 10.0 Å². The van der Waals surface area contributed by atoms with Crippen LogP contribution < -0.4 is 9.60 Å². The van der Waals surface area contributed by atoms with Crippen molar-refractivity contribution in [3.8, 4) is 0 Å². The zero-order valence-electron chi connectivity index (χ0n) is 14.2. The number of rotatable bonds is 4. The number of anilines is 1. The third-order valence-corrected chi connectivity index (χ3v) is 6.17. The van der Waals surface area contributed by atoms with Crippen molar-refractivity contribution in [1.29, 1.82) is 0 Å². The topological polar surface area (TPSA) is 68.2 Å². The van der Waals surface area contributed by atoms with Gasteiger partial charge in [-0.1, -0.05) is 23.5 Å². The van der Waals surface area contributed by atoms with Crippen LogP contribution in [0.15, 0.2) is 52.2 Å². The predicted octanol–water partition coefficient (Wildman–Crippen LogP) is 4.46. The van der Waals surface area contributed by atoms with Crippen LogP contribution in [0.3, 0.4) is 0 Å². The van der Waals surface area contributed by atoms with E-state index in [2.05, 4.69) is 0 Å². The number of para-hydroxylation sites is 1. The lowest BCUT2D eigenvalue weighted by atomic mass is 10.2. The largest absolute Gasteiger partial charge is 0.418 e. The molecule has 0 bridgehead atoms. The molecule has 3 aromatic rings. The van der Waals surface area contributed by atoms with Crippen LogP contribution in [0, 0.1) is 0 Å². The van der Waals surface area contributed by atoms with Crippen LogP contribution in [0.2, 0.25) is 0 Å². The summed E-state index contributed by atoms with van der Waals surface area (Å²) in [6.07, 6.45) is -4.70. The minimum atomic E-state index is -4.70. The molecule has 1 N–H and O–H groups in total. The number of fused-ring (bicyclic) bond motifs is 1. The Kier molecular flexibility index (Phi) is 4.81. The monoisotopic (exact) mass is 416 g/mol. The molecule has 1 aromatic heterocycles. The molecule has 3 rings (SSSR count). The van der Waals surface area contributed by atoms with Gasteiger partial charge >= 0.3 is 11.0 Å². The summed E-state index contributed by atoms with van der Waals surface area (Å²) in [5, 5.41) is 0. The molecule has 0 atom stereocenters. The van der Waals surface area contributed by atoms with Gasteiger partial charge in [0.05, 0.1) is 26.4 Å². The Morgan fingerprint density at radius 2 is 1.78 bits per heavy atom. The zero-order chi connectivity index (χ0) is 20.0. The van der Waals surface area contributed by atoms with Gasteiger partial charge in [0, 0.05) is 6.04 Å². The normalized spacial score (nSPS) is 12.7. The van der Waals surface area contributed by atoms with Gasteiger partial charge in [-0.15, -0.1) is 0 Å². The lowest BCUT2D eigenvalue weighted by Crippen LogP contribution is -2.17. The van der Waals surface area contributed by atoms with E-state index in [0.717, 1.165) is 23.5 Å². The lowest BCUT2D eigenvalue weighted by molar-refractivity contribution is -0.136. The van der Waals surface area contributed by atoms with Crippen molar-refractivity contribution in [3.63, 3.8) is 0 Å². The molecule has 0 amide bonds. The summed E-state index contributed by atoms with van der Waals surface area (Å²) in [5.74, 6) is 0. The Morgan fingerprint density at radius 1 is 1.11 bits per heavy atom. The minimum absolute atomic E-state index is 0.106. The number of halogens is 3. The molecular weight excluding hydrogens is 401 g/mol. The highest BCUT2D eigenvalue weighted by molar-refractivity contribution is 7.92. The Balaban J connectivity index is 2.05. The summed E-state index contributed by atoms with van der Waals surface area (Å²) in [5.41, 5.74) is -1.06. The van der Waals surface area contributed by atoms with Gasteiger partial charge in [-0.05, 0) is 44.2 Å². The first kappa shape index (κ1) is 19.4. The zero-order valence-corrected chi connectivity index (χ0v) is 15.9. The smallest absolute Gasteiger partial charge is 0.296 e. The highest BCUT2D eigenvalue weighted by atomic mass is 32.2. The SMILES string of the molecule is CC(C)n1c(=O)sc2cc(S(=O)(=O)Nc3ccccc3C(F)(F)F)ccc21. The van der Waals surface area contributed by atoms with Crippen LogP contribution in [-0.2, 0) is 16.2 Å². The predicted molar refractivity (Wildman–Crippen MR) is 98.7 cm³/mol. The van der Waals surface area contributed by atoms with Gasteiger partial charge in [0.1, 0.15) is 0 Å². The summed E-state index contributed by atoms with van der Waals surface area (Å²) in [6.45, 7) is 3.65. The van der Waals surface area contributed by atoms with E-state index in [1.54, 1.807) is 0 Å². The number of hydrogen-bond acceptors (Lipinski definition) is 4. The maximum Gasteiger partial charge on any atom is 0.418 e. The number of hydrogen-bond donors (Lipinski definition) is 1. The maximum atomic E-state index is 13.1. The molecule has 27 heavy (non-hydrogen) atoms. The number of nitrogens with zero attached hydrogens (tertiary/aromatic N) is 1. The van der Waals surface area contributed by atoms with Crippen LogP contribution in [0.25, 0.3) is 10.2 Å². The van der Waals surface area contributed by atoms with E-state index in [0.29, 0.717) is 10.2 Å². The molecule has 5 nitrogen and oxygen atoms in total. The van der Waals surface area contributed by atoms with Crippen molar-refractivity contribution in [2.75, 3.05) is 4.72 Å². The fourth-order valence-electron chi connectivity index (χ4n) is 2.70. The van der Waals surface area contributed by atoms with E-state index >= 15 is 0 Å². The quantitative estimate of drug-likeness (QED) is 0.683. The van der Waals surface area contributed by atoms with E-state index in [1.807, 2.05) is 18.6 Å². The van der Waals surface area contributed by atoms with Crippen molar-refractivity contribution in [1.82, 2.24) is 4.57 Å². The number of sulfonamides is 1. The molecule has 0 saturated carbocycles. The van der Waals surface area contributed by atoms with Crippen molar-refractivity contribution in [2.24, 2.45) is 0 Å². The van der Waals surface area contributed by atoms with E-state index in [-0.39, 0.29) is 15.8 Å². The third kappa shape index (κ3) is 3.72. The van der Waals surface area contributed by atoms with Gasteiger partial charge in [-0.25, -0.2) is 8.42 Å². The Bertz CT molecular complexity index is 1160. The summed E-state index contributed by atoms with van der Waals surface area (Å²) in [7, 11) is -4.27. The molecule has 0 spiro atoms. The first-order valence-electron chi connectivity index (χ1n) is 7.85.